The number of phenols is 1. The van der Waals surface area contributed by atoms with Crippen molar-refractivity contribution in [1.29, 1.82) is 0 Å². The lowest BCUT2D eigenvalue weighted by molar-refractivity contribution is -0.0185. The second-order valence-corrected chi connectivity index (χ2v) is 5.34. The predicted octanol–water partition coefficient (Wildman–Crippen LogP) is 2.32. The Kier molecular flexibility index (Phi) is 3.14. The number of aromatic hydroxyl groups is 1. The Morgan fingerprint density at radius 3 is 2.45 bits per heavy atom. The van der Waals surface area contributed by atoms with Crippen LogP contribution in [0.5, 0.6) is 5.75 Å². The van der Waals surface area contributed by atoms with E-state index in [9.17, 15) is 9.90 Å². The van der Waals surface area contributed by atoms with Crippen molar-refractivity contribution in [2.45, 2.75) is 18.4 Å². The first-order chi connectivity index (χ1) is 9.58. The van der Waals surface area contributed by atoms with Crippen LogP contribution in [-0.2, 0) is 4.74 Å². The van der Waals surface area contributed by atoms with Crippen LogP contribution in [0.15, 0.2) is 30.3 Å². The van der Waals surface area contributed by atoms with Crippen LogP contribution in [0.4, 0.5) is 4.79 Å². The molecule has 5 nitrogen and oxygen atoms in total. The van der Waals surface area contributed by atoms with Crippen molar-refractivity contribution in [3.05, 3.63) is 35.9 Å². The standard InChI is InChI=1S/C15H17NO4/c17-13-3-1-11(2-4-13)12-9-15(20-10-12)5-7-16(8-6-15)14(18)19/h1-4,9,17H,5-8,10H2,(H,18,19). The zero-order valence-corrected chi connectivity index (χ0v) is 11.1. The van der Waals surface area contributed by atoms with Crippen molar-refractivity contribution in [2.75, 3.05) is 19.7 Å². The molecule has 1 spiro atoms. The molecule has 0 radical (unpaired) electrons. The van der Waals surface area contributed by atoms with E-state index in [2.05, 4.69) is 6.08 Å². The van der Waals surface area contributed by atoms with Gasteiger partial charge < -0.3 is 19.8 Å². The van der Waals surface area contributed by atoms with Gasteiger partial charge in [0.15, 0.2) is 0 Å². The van der Waals surface area contributed by atoms with Gasteiger partial charge >= 0.3 is 6.09 Å². The quantitative estimate of drug-likeness (QED) is 0.825. The summed E-state index contributed by atoms with van der Waals surface area (Å²) in [7, 11) is 0. The van der Waals surface area contributed by atoms with E-state index in [0.717, 1.165) is 11.1 Å². The number of hydrogen-bond acceptors (Lipinski definition) is 3. The van der Waals surface area contributed by atoms with Gasteiger partial charge in [0.05, 0.1) is 12.2 Å². The Hall–Kier alpha value is -2.01. The molecular weight excluding hydrogens is 258 g/mol. The SMILES string of the molecule is O=C(O)N1CCC2(C=C(c3ccc(O)cc3)CO2)CC1. The molecule has 106 valence electrons. The molecular formula is C15H17NO4. The van der Waals surface area contributed by atoms with E-state index in [-0.39, 0.29) is 11.4 Å². The van der Waals surface area contributed by atoms with Gasteiger partial charge in [0.1, 0.15) is 5.75 Å². The number of amides is 1. The Morgan fingerprint density at radius 2 is 1.85 bits per heavy atom. The van der Waals surface area contributed by atoms with E-state index in [0.29, 0.717) is 32.5 Å². The van der Waals surface area contributed by atoms with Gasteiger partial charge in [0.25, 0.3) is 0 Å². The Labute approximate surface area is 117 Å². The van der Waals surface area contributed by atoms with Crippen LogP contribution >= 0.6 is 0 Å². The summed E-state index contributed by atoms with van der Waals surface area (Å²) in [6, 6.07) is 7.06. The number of carbonyl (C=O) groups is 1. The molecule has 1 aromatic rings. The van der Waals surface area contributed by atoms with Crippen molar-refractivity contribution in [3.63, 3.8) is 0 Å². The first-order valence-corrected chi connectivity index (χ1v) is 6.71. The first kappa shape index (κ1) is 13.0. The minimum absolute atomic E-state index is 0.248. The van der Waals surface area contributed by atoms with Gasteiger partial charge in [-0.2, -0.15) is 0 Å². The van der Waals surface area contributed by atoms with E-state index >= 15 is 0 Å². The van der Waals surface area contributed by atoms with Gasteiger partial charge in [0, 0.05) is 13.1 Å². The van der Waals surface area contributed by atoms with Crippen molar-refractivity contribution in [2.24, 2.45) is 0 Å². The average molecular weight is 275 g/mol. The first-order valence-electron chi connectivity index (χ1n) is 6.71. The highest BCUT2D eigenvalue weighted by Gasteiger charge is 2.38. The number of phenolic OH excluding ortho intramolecular Hbond substituents is 1. The summed E-state index contributed by atoms with van der Waals surface area (Å²) in [5, 5.41) is 18.3. The molecule has 3 rings (SSSR count). The smallest absolute Gasteiger partial charge is 0.407 e. The van der Waals surface area contributed by atoms with Gasteiger partial charge in [-0.3, -0.25) is 0 Å². The Bertz CT molecular complexity index is 541. The maximum atomic E-state index is 10.9. The van der Waals surface area contributed by atoms with Gasteiger partial charge in [-0.25, -0.2) is 4.79 Å². The molecule has 1 amide bonds. The zero-order chi connectivity index (χ0) is 14.2. The molecule has 2 aliphatic heterocycles. The fourth-order valence-corrected chi connectivity index (χ4v) is 2.83. The van der Waals surface area contributed by atoms with Crippen molar-refractivity contribution in [1.82, 2.24) is 4.90 Å². The van der Waals surface area contributed by atoms with Crippen LogP contribution in [0, 0.1) is 0 Å². The molecule has 1 saturated heterocycles. The van der Waals surface area contributed by atoms with E-state index < -0.39 is 6.09 Å². The third kappa shape index (κ3) is 2.36. The molecule has 0 aromatic heterocycles. The van der Waals surface area contributed by atoms with Gasteiger partial charge in [-0.1, -0.05) is 12.1 Å². The second-order valence-electron chi connectivity index (χ2n) is 5.34. The predicted molar refractivity (Wildman–Crippen MR) is 73.6 cm³/mol. The van der Waals surface area contributed by atoms with Crippen LogP contribution in [-0.4, -0.2) is 46.5 Å². The highest BCUT2D eigenvalue weighted by Crippen LogP contribution is 2.37. The van der Waals surface area contributed by atoms with Crippen LogP contribution in [0.3, 0.4) is 0 Å². The second kappa shape index (κ2) is 4.83. The van der Waals surface area contributed by atoms with Crippen molar-refractivity contribution < 1.29 is 19.7 Å². The van der Waals surface area contributed by atoms with E-state index in [1.54, 1.807) is 12.1 Å². The molecule has 2 aliphatic rings. The normalized spacial score (nSPS) is 21.0. The third-order valence-electron chi connectivity index (χ3n) is 4.07. The van der Waals surface area contributed by atoms with Crippen molar-refractivity contribution in [3.8, 4) is 5.75 Å². The molecule has 0 atom stereocenters. The molecule has 0 saturated carbocycles. The highest BCUT2D eigenvalue weighted by molar-refractivity contribution is 5.70. The lowest BCUT2D eigenvalue weighted by Crippen LogP contribution is -2.45. The topological polar surface area (TPSA) is 70.0 Å². The highest BCUT2D eigenvalue weighted by atomic mass is 16.5. The maximum Gasteiger partial charge on any atom is 0.407 e. The van der Waals surface area contributed by atoms with Gasteiger partial charge in [-0.15, -0.1) is 0 Å². The molecule has 0 unspecified atom stereocenters. The average Bonchev–Trinajstić information content (AvgIpc) is 2.84. The van der Waals surface area contributed by atoms with Gasteiger partial charge in [-0.05, 0) is 42.2 Å². The Morgan fingerprint density at radius 1 is 1.20 bits per heavy atom. The molecule has 2 heterocycles. The minimum Gasteiger partial charge on any atom is -0.508 e. The van der Waals surface area contributed by atoms with Crippen LogP contribution < -0.4 is 0 Å². The molecule has 1 aromatic carbocycles. The Balaban J connectivity index is 1.75. The summed E-state index contributed by atoms with van der Waals surface area (Å²) >= 11 is 0. The fourth-order valence-electron chi connectivity index (χ4n) is 2.83. The number of hydrogen-bond donors (Lipinski definition) is 2. The number of ether oxygens (including phenoxy) is 1. The number of piperidine rings is 1. The van der Waals surface area contributed by atoms with E-state index in [4.69, 9.17) is 9.84 Å². The number of benzene rings is 1. The van der Waals surface area contributed by atoms with E-state index in [1.165, 1.54) is 4.90 Å². The largest absolute Gasteiger partial charge is 0.508 e. The van der Waals surface area contributed by atoms with Crippen LogP contribution in [0.25, 0.3) is 5.57 Å². The lowest BCUT2D eigenvalue weighted by atomic mass is 9.90. The molecule has 1 fully saturated rings. The molecule has 2 N–H and O–H groups in total. The third-order valence-corrected chi connectivity index (χ3v) is 4.07. The molecule has 0 bridgehead atoms. The molecule has 5 heteroatoms. The molecule has 20 heavy (non-hydrogen) atoms. The minimum atomic E-state index is -0.861. The number of nitrogens with zero attached hydrogens (tertiary/aromatic N) is 1. The molecule has 0 aliphatic carbocycles. The van der Waals surface area contributed by atoms with Crippen LogP contribution in [0.2, 0.25) is 0 Å². The van der Waals surface area contributed by atoms with Crippen molar-refractivity contribution >= 4 is 11.7 Å². The summed E-state index contributed by atoms with van der Waals surface area (Å²) in [5.41, 5.74) is 1.83. The summed E-state index contributed by atoms with van der Waals surface area (Å²) < 4.78 is 5.93. The maximum absolute atomic E-state index is 10.9. The number of rotatable bonds is 1. The summed E-state index contributed by atoms with van der Waals surface area (Å²) in [6.07, 6.45) is 2.65. The summed E-state index contributed by atoms with van der Waals surface area (Å²) in [6.45, 7) is 1.56. The van der Waals surface area contributed by atoms with Gasteiger partial charge in [0.2, 0.25) is 0 Å². The van der Waals surface area contributed by atoms with Crippen LogP contribution in [0.1, 0.15) is 18.4 Å². The van der Waals surface area contributed by atoms with E-state index in [1.807, 2.05) is 12.1 Å². The monoisotopic (exact) mass is 275 g/mol. The number of carboxylic acid groups (broad SMARTS) is 1. The fraction of sp³-hybridized carbons (Fsp3) is 0.400. The number of likely N-dealkylation sites (tertiary alicyclic amines) is 1. The lowest BCUT2D eigenvalue weighted by Gasteiger charge is -2.36. The summed E-state index contributed by atoms with van der Waals surface area (Å²) in [5.74, 6) is 0.248. The summed E-state index contributed by atoms with van der Waals surface area (Å²) in [4.78, 5) is 12.4. The zero-order valence-electron chi connectivity index (χ0n) is 11.1.